The predicted molar refractivity (Wildman–Crippen MR) is 234 cm³/mol. The Morgan fingerprint density at radius 1 is 0.606 bits per heavy atom. The zero-order valence-corrected chi connectivity index (χ0v) is 40.0. The Balaban J connectivity index is 1.13. The minimum atomic E-state index is -1.79. The van der Waals surface area contributed by atoms with Gasteiger partial charge in [0, 0.05) is 0 Å². The Morgan fingerprint density at radius 2 is 1.14 bits per heavy atom. The molecule has 0 radical (unpaired) electrons. The number of fused-ring (bicyclic) bond motifs is 5. The number of aliphatic hydroxyl groups excluding tert-OH is 12. The van der Waals surface area contributed by atoms with Gasteiger partial charge in [-0.3, -0.25) is 0 Å². The lowest BCUT2D eigenvalue weighted by Crippen LogP contribution is -2.68. The van der Waals surface area contributed by atoms with E-state index in [-0.39, 0.29) is 39.9 Å². The lowest BCUT2D eigenvalue weighted by Gasteiger charge is -2.71. The molecule has 382 valence electrons. The Morgan fingerprint density at radius 3 is 1.71 bits per heavy atom. The summed E-state index contributed by atoms with van der Waals surface area (Å²) in [7, 11) is 0. The number of rotatable bonds is 13. The van der Waals surface area contributed by atoms with Crippen molar-refractivity contribution in [2.24, 2.45) is 45.3 Å². The molecule has 7 aliphatic rings. The highest BCUT2D eigenvalue weighted by atomic mass is 16.8. The monoisotopic (exact) mass is 947 g/mol. The molecule has 0 aromatic rings. The standard InChI is InChI=1S/C48H82O18/c1-22(2)10-9-14-48(8,66-42-39(60)36(57)33(54)26(20-50)62-42)23-11-16-47(7)31(23)24(52)18-29-45(5)15-13-30(44(3,4)28(45)12-17-46(29,47)6)64-43-40(37(58)34(55)27(21-51)63-43)65-41-38(59)35(56)32(53)25(19-49)61-41/h10,23-43,49-60H,9,11-21H2,1-8H3/t23-,24-,25+,26+,27-,28+,29-,30+,31-,32+,33+,34+,35-,36-,37-,38-,39+,40+,41-,42-,43+,45-,46+,47-,48+/m0/s1. The van der Waals surface area contributed by atoms with Gasteiger partial charge in [-0.1, -0.05) is 46.3 Å². The van der Waals surface area contributed by atoms with Crippen LogP contribution in [0.25, 0.3) is 0 Å². The highest BCUT2D eigenvalue weighted by molar-refractivity contribution is 5.20. The van der Waals surface area contributed by atoms with E-state index in [1.54, 1.807) is 0 Å². The van der Waals surface area contributed by atoms with Gasteiger partial charge in [0.1, 0.15) is 73.2 Å². The van der Waals surface area contributed by atoms with Crippen molar-refractivity contribution in [2.75, 3.05) is 19.8 Å². The third-order valence-electron chi connectivity index (χ3n) is 18.8. The molecule has 0 aromatic heterocycles. The van der Waals surface area contributed by atoms with E-state index in [4.69, 9.17) is 28.4 Å². The summed E-state index contributed by atoms with van der Waals surface area (Å²) in [5, 5.41) is 129. The highest BCUT2D eigenvalue weighted by Crippen LogP contribution is 2.76. The first-order valence-electron chi connectivity index (χ1n) is 24.4. The lowest BCUT2D eigenvalue weighted by atomic mass is 9.35. The molecule has 3 aliphatic heterocycles. The number of hydrogen-bond donors (Lipinski definition) is 12. The summed E-state index contributed by atoms with van der Waals surface area (Å²) in [6, 6.07) is 0. The lowest BCUT2D eigenvalue weighted by molar-refractivity contribution is -0.378. The van der Waals surface area contributed by atoms with Crippen LogP contribution in [-0.4, -0.2) is 191 Å². The molecule has 0 amide bonds. The van der Waals surface area contributed by atoms with Crippen molar-refractivity contribution in [3.05, 3.63) is 11.6 Å². The van der Waals surface area contributed by atoms with E-state index in [9.17, 15) is 61.3 Å². The van der Waals surface area contributed by atoms with Crippen LogP contribution in [0, 0.1) is 45.3 Å². The van der Waals surface area contributed by atoms with E-state index < -0.39 is 135 Å². The molecule has 12 N–H and O–H groups in total. The molecule has 18 heteroatoms. The maximum Gasteiger partial charge on any atom is 0.187 e. The van der Waals surface area contributed by atoms with E-state index in [1.165, 1.54) is 0 Å². The van der Waals surface area contributed by atoms with Crippen molar-refractivity contribution >= 4 is 0 Å². The first-order chi connectivity index (χ1) is 30.8. The molecular weight excluding hydrogens is 865 g/mol. The maximum atomic E-state index is 12.7. The van der Waals surface area contributed by atoms with Crippen LogP contribution in [0.4, 0.5) is 0 Å². The van der Waals surface area contributed by atoms with Gasteiger partial charge in [0.15, 0.2) is 18.9 Å². The quantitative estimate of drug-likeness (QED) is 0.0853. The summed E-state index contributed by atoms with van der Waals surface area (Å²) in [4.78, 5) is 0. The Kier molecular flexibility index (Phi) is 15.7. The van der Waals surface area contributed by atoms with Gasteiger partial charge in [-0.15, -0.1) is 0 Å². The van der Waals surface area contributed by atoms with Crippen LogP contribution in [0.2, 0.25) is 0 Å². The molecule has 3 saturated heterocycles. The van der Waals surface area contributed by atoms with Crippen molar-refractivity contribution in [1.29, 1.82) is 0 Å². The van der Waals surface area contributed by atoms with Crippen molar-refractivity contribution in [1.82, 2.24) is 0 Å². The highest BCUT2D eigenvalue weighted by Gasteiger charge is 2.72. The van der Waals surface area contributed by atoms with Crippen molar-refractivity contribution in [3.8, 4) is 0 Å². The van der Waals surface area contributed by atoms with Crippen LogP contribution in [0.1, 0.15) is 113 Å². The molecule has 0 aromatic carbocycles. The second kappa shape index (κ2) is 19.6. The number of hydrogen-bond acceptors (Lipinski definition) is 18. The van der Waals surface area contributed by atoms with E-state index in [0.29, 0.717) is 25.7 Å². The van der Waals surface area contributed by atoms with Gasteiger partial charge >= 0.3 is 0 Å². The van der Waals surface area contributed by atoms with Gasteiger partial charge < -0.3 is 89.7 Å². The zero-order chi connectivity index (χ0) is 48.6. The second-order valence-electron chi connectivity index (χ2n) is 22.9. The van der Waals surface area contributed by atoms with Crippen LogP contribution in [0.3, 0.4) is 0 Å². The number of ether oxygens (including phenoxy) is 6. The molecule has 7 fully saturated rings. The summed E-state index contributed by atoms with van der Waals surface area (Å²) in [6.45, 7) is 15.5. The molecular formula is C48H82O18. The van der Waals surface area contributed by atoms with Crippen LogP contribution in [0.15, 0.2) is 11.6 Å². The minimum Gasteiger partial charge on any atom is -0.394 e. The van der Waals surface area contributed by atoms with Crippen molar-refractivity contribution < 1.29 is 89.7 Å². The Hall–Kier alpha value is -0.980. The van der Waals surface area contributed by atoms with Gasteiger partial charge in [0.25, 0.3) is 0 Å². The van der Waals surface area contributed by atoms with Crippen LogP contribution in [-0.2, 0) is 28.4 Å². The van der Waals surface area contributed by atoms with E-state index in [1.807, 2.05) is 20.8 Å². The molecule has 0 spiro atoms. The van der Waals surface area contributed by atoms with E-state index >= 15 is 0 Å². The summed E-state index contributed by atoms with van der Waals surface area (Å²) in [5.74, 6) is -0.151. The predicted octanol–water partition coefficient (Wildman–Crippen LogP) is -0.0268. The smallest absolute Gasteiger partial charge is 0.187 e. The van der Waals surface area contributed by atoms with E-state index in [2.05, 4.69) is 40.7 Å². The molecule has 7 rings (SSSR count). The molecule has 3 heterocycles. The summed E-state index contributed by atoms with van der Waals surface area (Å²) in [6.07, 6.45) is -15.4. The van der Waals surface area contributed by atoms with Gasteiger partial charge in [0.05, 0.1) is 37.6 Å². The molecule has 4 saturated carbocycles. The molecule has 18 nitrogen and oxygen atoms in total. The average Bonchev–Trinajstić information content (AvgIpc) is 3.65. The maximum absolute atomic E-state index is 12.7. The van der Waals surface area contributed by atoms with Gasteiger partial charge in [0.2, 0.25) is 0 Å². The minimum absolute atomic E-state index is 0.0905. The van der Waals surface area contributed by atoms with Crippen LogP contribution in [0.5, 0.6) is 0 Å². The first kappa shape index (κ1) is 52.8. The first-order valence-corrected chi connectivity index (χ1v) is 24.4. The zero-order valence-electron chi connectivity index (χ0n) is 40.0. The van der Waals surface area contributed by atoms with Crippen molar-refractivity contribution in [2.45, 2.75) is 223 Å². The molecule has 0 bridgehead atoms. The fraction of sp³-hybridized carbons (Fsp3) is 0.958. The third-order valence-corrected chi connectivity index (χ3v) is 18.8. The normalized spacial score (nSPS) is 52.4. The SMILES string of the molecule is CC(C)=CCC[C@@](C)(O[C@@H]1O[C@H](CO)[C@@H](O)[C@H](O)[C@H]1O)[C@H]1CC[C@@]2(C)[C@@H]1[C@@H](O)C[C@H]1[C@@]3(C)CC[C@@H](O[C@H]4O[C@@H](CO)[C@@H](O)[C@H](O)[C@H]4O[C@@H]4O[C@H](CO)[C@@H](O)[C@H](O)[C@@H]4O)C(C)(C)[C@H]3CC[C@]12C. The average molecular weight is 947 g/mol. The second-order valence-corrected chi connectivity index (χ2v) is 22.9. The Bertz CT molecular complexity index is 1680. The number of allylic oxidation sites excluding steroid dienone is 2. The molecule has 66 heavy (non-hydrogen) atoms. The van der Waals surface area contributed by atoms with Gasteiger partial charge in [-0.2, -0.15) is 0 Å². The fourth-order valence-electron chi connectivity index (χ4n) is 14.9. The van der Waals surface area contributed by atoms with E-state index in [0.717, 1.165) is 37.7 Å². The topological polar surface area (TPSA) is 298 Å². The van der Waals surface area contributed by atoms with Crippen LogP contribution >= 0.6 is 0 Å². The molecule has 25 atom stereocenters. The van der Waals surface area contributed by atoms with Gasteiger partial charge in [-0.05, 0) is 124 Å². The van der Waals surface area contributed by atoms with Crippen LogP contribution < -0.4 is 0 Å². The molecule has 4 aliphatic carbocycles. The third kappa shape index (κ3) is 8.79. The summed E-state index contributed by atoms with van der Waals surface area (Å²) in [5.41, 5.74) is -1.12. The fourth-order valence-corrected chi connectivity index (χ4v) is 14.9. The Labute approximate surface area is 388 Å². The van der Waals surface area contributed by atoms with Crippen molar-refractivity contribution in [3.63, 3.8) is 0 Å². The van der Waals surface area contributed by atoms with Gasteiger partial charge in [-0.25, -0.2) is 0 Å². The number of aliphatic hydroxyl groups is 12. The summed E-state index contributed by atoms with van der Waals surface area (Å²) >= 11 is 0. The summed E-state index contributed by atoms with van der Waals surface area (Å²) < 4.78 is 37.2. The largest absolute Gasteiger partial charge is 0.394 e. The molecule has 0 unspecified atom stereocenters.